The maximum Gasteiger partial charge on any atom is 0.212 e. The molecule has 2 aromatic rings. The Kier molecular flexibility index (Phi) is 4.69. The van der Waals surface area contributed by atoms with E-state index in [1.54, 1.807) is 19.9 Å². The van der Waals surface area contributed by atoms with Gasteiger partial charge in [-0.2, -0.15) is 5.10 Å². The van der Waals surface area contributed by atoms with Gasteiger partial charge in [0.2, 0.25) is 5.78 Å². The molecule has 6 heteroatoms. The minimum Gasteiger partial charge on any atom is -0.371 e. The van der Waals surface area contributed by atoms with Crippen molar-refractivity contribution in [3.8, 4) is 0 Å². The highest BCUT2D eigenvalue weighted by Crippen LogP contribution is 2.21. The van der Waals surface area contributed by atoms with E-state index >= 15 is 0 Å². The monoisotopic (exact) mass is 349 g/mol. The molecule has 21 heavy (non-hydrogen) atoms. The Balaban J connectivity index is 2.47. The number of carbonyl (C=O) groups excluding carboxylic acids is 1. The van der Waals surface area contributed by atoms with E-state index in [1.165, 1.54) is 24.4 Å². The number of ether oxygens (including phenoxy) is 1. The second-order valence-corrected chi connectivity index (χ2v) is 5.88. The third-order valence-corrected chi connectivity index (χ3v) is 3.66. The van der Waals surface area contributed by atoms with Crippen LogP contribution in [-0.4, -0.2) is 33.3 Å². The van der Waals surface area contributed by atoms with Crippen LogP contribution in [0.4, 0.5) is 0 Å². The van der Waals surface area contributed by atoms with Crippen LogP contribution in [0, 0.1) is 0 Å². The van der Waals surface area contributed by atoms with Gasteiger partial charge in [0, 0.05) is 11.6 Å². The second kappa shape index (κ2) is 6.32. The Bertz CT molecular complexity index is 646. The van der Waals surface area contributed by atoms with Gasteiger partial charge >= 0.3 is 0 Å². The molecule has 0 radical (unpaired) electrons. The summed E-state index contributed by atoms with van der Waals surface area (Å²) in [6.07, 6.45) is 4.65. The summed E-state index contributed by atoms with van der Waals surface area (Å²) in [6.45, 7) is 3.45. The summed E-state index contributed by atoms with van der Waals surface area (Å²) in [6, 6.07) is 7.65. The number of ketones is 1. The van der Waals surface area contributed by atoms with Crippen LogP contribution in [0.25, 0.3) is 11.8 Å². The molecule has 2 rings (SSSR count). The minimum atomic E-state index is -0.937. The Morgan fingerprint density at radius 3 is 2.52 bits per heavy atom. The maximum absolute atomic E-state index is 12.7. The summed E-state index contributed by atoms with van der Waals surface area (Å²) in [7, 11) is 1.51. The maximum atomic E-state index is 12.7. The minimum absolute atomic E-state index is 0.168. The van der Waals surface area contributed by atoms with E-state index in [2.05, 4.69) is 26.0 Å². The van der Waals surface area contributed by atoms with Gasteiger partial charge in [0.25, 0.3) is 0 Å². The molecular formula is C15H16BrN3O2. The first-order chi connectivity index (χ1) is 9.94. The number of aromatic nitrogens is 3. The highest BCUT2D eigenvalue weighted by Gasteiger charge is 2.31. The number of carbonyl (C=O) groups is 1. The number of benzene rings is 1. The molecule has 110 valence electrons. The van der Waals surface area contributed by atoms with Gasteiger partial charge in [0.1, 0.15) is 24.0 Å². The summed E-state index contributed by atoms with van der Waals surface area (Å²) in [4.78, 5) is 16.6. The van der Waals surface area contributed by atoms with Crippen LogP contribution in [-0.2, 0) is 9.53 Å². The van der Waals surface area contributed by atoms with Crippen molar-refractivity contribution in [2.24, 2.45) is 0 Å². The molecule has 1 heterocycles. The van der Waals surface area contributed by atoms with E-state index in [9.17, 15) is 4.79 Å². The van der Waals surface area contributed by atoms with Gasteiger partial charge in [-0.1, -0.05) is 28.1 Å². The number of Topliss-reactive ketones (excluding diaryl/α,β-unsaturated/α-hetero) is 1. The van der Waals surface area contributed by atoms with Crippen molar-refractivity contribution in [3.05, 3.63) is 47.0 Å². The fourth-order valence-electron chi connectivity index (χ4n) is 1.69. The van der Waals surface area contributed by atoms with E-state index in [4.69, 9.17) is 4.74 Å². The molecule has 0 aliphatic carbocycles. The highest BCUT2D eigenvalue weighted by molar-refractivity contribution is 9.10. The van der Waals surface area contributed by atoms with Crippen LogP contribution in [0.2, 0.25) is 0 Å². The zero-order valence-corrected chi connectivity index (χ0v) is 13.7. The molecular weight excluding hydrogens is 334 g/mol. The fourth-order valence-corrected chi connectivity index (χ4v) is 1.95. The standard InChI is InChI=1S/C15H16BrN3O2/c1-15(2,21-3)14(20)13(19-10-17-9-18-19)8-11-4-6-12(16)7-5-11/h4-10H,1-3H3. The van der Waals surface area contributed by atoms with Gasteiger partial charge in [-0.05, 0) is 37.6 Å². The second-order valence-electron chi connectivity index (χ2n) is 4.96. The molecule has 0 spiro atoms. The fraction of sp³-hybridized carbons (Fsp3) is 0.267. The van der Waals surface area contributed by atoms with E-state index < -0.39 is 5.60 Å². The van der Waals surface area contributed by atoms with Crippen LogP contribution in [0.5, 0.6) is 0 Å². The first-order valence-electron chi connectivity index (χ1n) is 6.36. The molecule has 5 nitrogen and oxygen atoms in total. The van der Waals surface area contributed by atoms with Gasteiger partial charge in [-0.25, -0.2) is 9.67 Å². The smallest absolute Gasteiger partial charge is 0.212 e. The molecule has 0 saturated carbocycles. The zero-order chi connectivity index (χ0) is 15.5. The normalized spacial score (nSPS) is 12.5. The average Bonchev–Trinajstić information content (AvgIpc) is 3.00. The predicted octanol–water partition coefficient (Wildman–Crippen LogP) is 3.03. The lowest BCUT2D eigenvalue weighted by molar-refractivity contribution is -0.131. The zero-order valence-electron chi connectivity index (χ0n) is 12.1. The summed E-state index contributed by atoms with van der Waals surface area (Å²) in [5.74, 6) is -0.168. The molecule has 0 saturated heterocycles. The Hall–Kier alpha value is -1.79. The molecule has 0 atom stereocenters. The van der Waals surface area contributed by atoms with Crippen molar-refractivity contribution in [1.29, 1.82) is 0 Å². The number of hydrogen-bond acceptors (Lipinski definition) is 4. The van der Waals surface area contributed by atoms with Crippen LogP contribution < -0.4 is 0 Å². The largest absolute Gasteiger partial charge is 0.371 e. The third-order valence-electron chi connectivity index (χ3n) is 3.13. The van der Waals surface area contributed by atoms with Gasteiger partial charge in [-0.3, -0.25) is 4.79 Å². The SMILES string of the molecule is COC(C)(C)C(=O)C(=Cc1ccc(Br)cc1)n1cncn1. The lowest BCUT2D eigenvalue weighted by atomic mass is 9.99. The number of hydrogen-bond donors (Lipinski definition) is 0. The Morgan fingerprint density at radius 2 is 2.00 bits per heavy atom. The lowest BCUT2D eigenvalue weighted by Gasteiger charge is -2.22. The van der Waals surface area contributed by atoms with Gasteiger partial charge in [-0.15, -0.1) is 0 Å². The highest BCUT2D eigenvalue weighted by atomic mass is 79.9. The number of nitrogens with zero attached hydrogens (tertiary/aromatic N) is 3. The van der Waals surface area contributed by atoms with Crippen molar-refractivity contribution in [2.75, 3.05) is 7.11 Å². The first kappa shape index (κ1) is 15.6. The van der Waals surface area contributed by atoms with Crippen molar-refractivity contribution in [3.63, 3.8) is 0 Å². The van der Waals surface area contributed by atoms with E-state index in [1.807, 2.05) is 24.3 Å². The number of methoxy groups -OCH3 is 1. The summed E-state index contributed by atoms with van der Waals surface area (Å²) in [5.41, 5.74) is 0.360. The van der Waals surface area contributed by atoms with Gasteiger partial charge in [0.05, 0.1) is 0 Å². The van der Waals surface area contributed by atoms with Crippen LogP contribution >= 0.6 is 15.9 Å². The molecule has 1 aromatic heterocycles. The van der Waals surface area contributed by atoms with E-state index in [0.29, 0.717) is 5.70 Å². The Morgan fingerprint density at radius 1 is 1.33 bits per heavy atom. The first-order valence-corrected chi connectivity index (χ1v) is 7.15. The lowest BCUT2D eigenvalue weighted by Crippen LogP contribution is -2.35. The summed E-state index contributed by atoms with van der Waals surface area (Å²) in [5, 5.41) is 4.05. The van der Waals surface area contributed by atoms with Crippen LogP contribution in [0.15, 0.2) is 41.4 Å². The number of halogens is 1. The van der Waals surface area contributed by atoms with Crippen molar-refractivity contribution in [2.45, 2.75) is 19.4 Å². The van der Waals surface area contributed by atoms with E-state index in [0.717, 1.165) is 10.0 Å². The number of rotatable bonds is 5. The van der Waals surface area contributed by atoms with Gasteiger partial charge < -0.3 is 4.74 Å². The Labute approximate surface area is 131 Å². The van der Waals surface area contributed by atoms with Gasteiger partial charge in [0.15, 0.2) is 0 Å². The molecule has 0 amide bonds. The molecule has 0 aliphatic rings. The van der Waals surface area contributed by atoms with Crippen LogP contribution in [0.3, 0.4) is 0 Å². The predicted molar refractivity (Wildman–Crippen MR) is 84.4 cm³/mol. The molecule has 0 unspecified atom stereocenters. The molecule has 0 aliphatic heterocycles. The topological polar surface area (TPSA) is 57.0 Å². The summed E-state index contributed by atoms with van der Waals surface area (Å²) < 4.78 is 7.70. The van der Waals surface area contributed by atoms with Crippen molar-refractivity contribution < 1.29 is 9.53 Å². The third kappa shape index (κ3) is 3.65. The molecule has 1 aromatic carbocycles. The molecule has 0 fully saturated rings. The molecule has 0 N–H and O–H groups in total. The average molecular weight is 350 g/mol. The van der Waals surface area contributed by atoms with Crippen molar-refractivity contribution in [1.82, 2.24) is 14.8 Å². The quantitative estimate of drug-likeness (QED) is 0.778. The van der Waals surface area contributed by atoms with E-state index in [-0.39, 0.29) is 5.78 Å². The molecule has 0 bridgehead atoms. The van der Waals surface area contributed by atoms with Crippen molar-refractivity contribution >= 4 is 33.5 Å². The summed E-state index contributed by atoms with van der Waals surface area (Å²) >= 11 is 3.39. The van der Waals surface area contributed by atoms with Crippen LogP contribution in [0.1, 0.15) is 19.4 Å².